The molecule has 2 aliphatic rings. The predicted molar refractivity (Wildman–Crippen MR) is 498 cm³/mol. The van der Waals surface area contributed by atoms with E-state index in [1.54, 1.807) is 24.3 Å². The van der Waals surface area contributed by atoms with E-state index in [1.165, 1.54) is 17.8 Å². The minimum absolute atomic E-state index is 0.00545. The first-order valence-corrected chi connectivity index (χ1v) is 41.6. The Hall–Kier alpha value is -17.7. The number of hydrogen-bond acceptors (Lipinski definition) is 12. The van der Waals surface area contributed by atoms with Crippen molar-refractivity contribution in [3.8, 4) is 45.4 Å². The van der Waals surface area contributed by atoms with Crippen LogP contribution in [0.15, 0.2) is 373 Å². The fraction of sp³-hybridized carbons (Fsp3) is 0.00943. The number of nitrogens with one attached hydrogen (secondary N) is 1. The maximum absolute atomic E-state index is 14.8. The topological polar surface area (TPSA) is 174 Å². The molecule has 11 aromatic heterocycles. The van der Waals surface area contributed by atoms with E-state index in [9.17, 15) is 17.6 Å². The molecule has 128 heavy (non-hydrogen) atoms. The Kier molecular flexibility index (Phi) is 16.4. The zero-order valence-corrected chi connectivity index (χ0v) is 67.3. The summed E-state index contributed by atoms with van der Waals surface area (Å²) in [5.74, 6) is -0.118. The zero-order chi connectivity index (χ0) is 85.1. The van der Waals surface area contributed by atoms with Crippen LogP contribution in [0.1, 0.15) is 5.56 Å². The number of furan rings is 2. The van der Waals surface area contributed by atoms with Crippen LogP contribution in [0.4, 0.5) is 46.1 Å². The van der Waals surface area contributed by atoms with E-state index in [-0.39, 0.29) is 17.4 Å². The lowest BCUT2D eigenvalue weighted by Gasteiger charge is -2.27. The normalized spacial score (nSPS) is 12.9. The van der Waals surface area contributed by atoms with Crippen LogP contribution in [0.2, 0.25) is 0 Å². The van der Waals surface area contributed by atoms with Gasteiger partial charge in [0, 0.05) is 66.2 Å². The first-order chi connectivity index (χ1) is 63.1. The molecule has 0 saturated heterocycles. The van der Waals surface area contributed by atoms with Crippen molar-refractivity contribution in [2.24, 2.45) is 0 Å². The molecule has 0 fully saturated rings. The number of rotatable bonds is 6. The van der Waals surface area contributed by atoms with Gasteiger partial charge in [0.15, 0.2) is 29.1 Å². The standard InChI is InChI=1S/C30H16F2N4O.C29H15F2N5.C25H15N3O.C22H16N4/c31-26-15-13-19(29(32)34-26)17-6-5-7-18(16-17)35-24-14-12-21-20-8-1-4-11-25(20)37-28(21)27(24)36-23-10-3-2-9-22(23)33-30(35)36;30-22-14-13-19(27(31)21(22)15-32)17-9-11-18(12-10-17)35-26-16-33-23-6-2-1-5-20(23)28(26)36-25-8-4-3-7-24(25)34-29(35)36;1-2-8-16(9-3-1)27-21-15-14-18-17-10-4-7-13-22(17)29-24(18)23(21)28-20-12-6-5-11-19(20)26-25(27)28;1-2-9-16(10-3-1)25-20-14-15-8-4-5-11-17(15)23-21(20)26-19-13-7-6-12-18(19)24-22(25)26/h1-16H;1-14,16H;1-15H;1-14,22,24H. The van der Waals surface area contributed by atoms with Crippen LogP contribution in [0.3, 0.4) is 0 Å². The van der Waals surface area contributed by atoms with E-state index < -0.39 is 29.1 Å². The molecule has 1 N–H and O–H groups in total. The number of hydrogen-bond donors (Lipinski definition) is 1. The first-order valence-electron chi connectivity index (χ1n) is 41.6. The molecule has 0 aliphatic carbocycles. The zero-order valence-electron chi connectivity index (χ0n) is 67.3. The summed E-state index contributed by atoms with van der Waals surface area (Å²) in [5.41, 5.74) is 25.0. The molecular formula is C106H62F4N16O2. The van der Waals surface area contributed by atoms with Crippen LogP contribution >= 0.6 is 0 Å². The second-order valence-corrected chi connectivity index (χ2v) is 31.5. The van der Waals surface area contributed by atoms with Gasteiger partial charge >= 0.3 is 0 Å². The fourth-order valence-electron chi connectivity index (χ4n) is 18.8. The lowest BCUT2D eigenvalue weighted by atomic mass is 10.0. The molecular weight excluding hydrogens is 1610 g/mol. The molecule has 22 heteroatoms. The van der Waals surface area contributed by atoms with Crippen molar-refractivity contribution in [2.45, 2.75) is 6.29 Å². The highest BCUT2D eigenvalue weighted by molar-refractivity contribution is 6.17. The first kappa shape index (κ1) is 73.0. The van der Waals surface area contributed by atoms with Crippen LogP contribution in [0, 0.1) is 34.9 Å². The summed E-state index contributed by atoms with van der Waals surface area (Å²) in [6.45, 7) is 0. The van der Waals surface area contributed by atoms with Gasteiger partial charge in [-0.05, 0) is 187 Å². The second-order valence-electron chi connectivity index (χ2n) is 31.5. The van der Waals surface area contributed by atoms with Gasteiger partial charge < -0.3 is 14.2 Å². The lowest BCUT2D eigenvalue weighted by Crippen LogP contribution is -2.40. The summed E-state index contributed by atoms with van der Waals surface area (Å²) in [6, 6.07) is 118. The molecule has 0 radical (unpaired) electrons. The Balaban J connectivity index is 0.0000000934. The third-order valence-electron chi connectivity index (χ3n) is 24.4. The van der Waals surface area contributed by atoms with Gasteiger partial charge in [0.05, 0.1) is 89.5 Å². The molecule has 2 aliphatic heterocycles. The minimum Gasteiger partial charge on any atom is -0.454 e. The summed E-state index contributed by atoms with van der Waals surface area (Å²) >= 11 is 0. The van der Waals surface area contributed by atoms with Crippen LogP contribution in [0.25, 0.3) is 189 Å². The van der Waals surface area contributed by atoms with Gasteiger partial charge in [-0.2, -0.15) is 19.0 Å². The summed E-state index contributed by atoms with van der Waals surface area (Å²) in [6.07, 6.45) is 1.84. The molecule has 15 aromatic carbocycles. The van der Waals surface area contributed by atoms with Crippen molar-refractivity contribution in [3.63, 3.8) is 0 Å². The number of aromatic nitrogens is 12. The van der Waals surface area contributed by atoms with Crippen molar-refractivity contribution >= 4 is 178 Å². The Morgan fingerprint density at radius 3 is 1.48 bits per heavy atom. The molecule has 13 heterocycles. The van der Waals surface area contributed by atoms with E-state index in [4.69, 9.17) is 34.0 Å². The number of nitriles is 1. The molecule has 0 amide bonds. The van der Waals surface area contributed by atoms with Gasteiger partial charge in [0.1, 0.15) is 39.6 Å². The van der Waals surface area contributed by atoms with Gasteiger partial charge in [0.2, 0.25) is 29.2 Å². The number of anilines is 5. The summed E-state index contributed by atoms with van der Waals surface area (Å²) in [4.78, 5) is 32.5. The maximum Gasteiger partial charge on any atom is 0.223 e. The number of pyridine rings is 3. The van der Waals surface area contributed by atoms with Gasteiger partial charge in [-0.3, -0.25) is 41.7 Å². The minimum atomic E-state index is -0.873. The largest absolute Gasteiger partial charge is 0.454 e. The fourth-order valence-corrected chi connectivity index (χ4v) is 18.8. The van der Waals surface area contributed by atoms with Crippen molar-refractivity contribution < 1.29 is 26.4 Å². The van der Waals surface area contributed by atoms with E-state index in [1.807, 2.05) is 167 Å². The highest BCUT2D eigenvalue weighted by Crippen LogP contribution is 2.53. The number of halogens is 4. The van der Waals surface area contributed by atoms with Crippen LogP contribution in [-0.4, -0.2) is 63.1 Å². The van der Waals surface area contributed by atoms with Crippen molar-refractivity contribution in [3.05, 3.63) is 393 Å². The maximum atomic E-state index is 14.8. The highest BCUT2D eigenvalue weighted by atomic mass is 19.1. The van der Waals surface area contributed by atoms with Crippen molar-refractivity contribution in [1.29, 1.82) is 5.26 Å². The van der Waals surface area contributed by atoms with Gasteiger partial charge in [-0.15, -0.1) is 0 Å². The summed E-state index contributed by atoms with van der Waals surface area (Å²) in [5, 5.41) is 19.3. The molecule has 26 aromatic rings. The monoisotopic (exact) mass is 1670 g/mol. The molecule has 0 bridgehead atoms. The van der Waals surface area contributed by atoms with E-state index in [0.29, 0.717) is 16.9 Å². The van der Waals surface area contributed by atoms with Crippen molar-refractivity contribution in [1.82, 2.24) is 56.8 Å². The molecule has 18 nitrogen and oxygen atoms in total. The number of nitrogens with zero attached hydrogens (tertiary/aromatic N) is 15. The Labute approximate surface area is 722 Å². The molecule has 28 rings (SSSR count). The third-order valence-corrected chi connectivity index (χ3v) is 24.4. The quantitative estimate of drug-likeness (QED) is 0.123. The van der Waals surface area contributed by atoms with Crippen LogP contribution in [-0.2, 0) is 0 Å². The predicted octanol–water partition coefficient (Wildman–Crippen LogP) is 26.0. The number of imidazole rings is 6. The highest BCUT2D eigenvalue weighted by Gasteiger charge is 2.44. The Morgan fingerprint density at radius 2 is 0.852 bits per heavy atom. The molecule has 0 saturated carbocycles. The number of benzene rings is 15. The smallest absolute Gasteiger partial charge is 0.223 e. The van der Waals surface area contributed by atoms with Crippen molar-refractivity contribution in [2.75, 3.05) is 15.1 Å². The van der Waals surface area contributed by atoms with E-state index >= 15 is 0 Å². The Morgan fingerprint density at radius 1 is 0.344 bits per heavy atom. The average molecular weight is 1670 g/mol. The molecule has 0 spiro atoms. The van der Waals surface area contributed by atoms with Crippen LogP contribution in [0.5, 0.6) is 0 Å². The van der Waals surface area contributed by atoms with Gasteiger partial charge in [-0.1, -0.05) is 182 Å². The molecule has 1 unspecified atom stereocenters. The summed E-state index contributed by atoms with van der Waals surface area (Å²) < 4.78 is 82.1. The number of fused-ring (bicyclic) bond motifs is 31. The summed E-state index contributed by atoms with van der Waals surface area (Å²) in [7, 11) is 0. The number of para-hydroxylation sites is 14. The molecule has 1 atom stereocenters. The van der Waals surface area contributed by atoms with Crippen LogP contribution < -0.4 is 15.1 Å². The van der Waals surface area contributed by atoms with E-state index in [0.717, 1.165) is 196 Å². The average Bonchev–Trinajstić information content (AvgIpc) is 1.55. The SMILES string of the molecule is Fc1ccc(-c2cccc(-n3c4ccc5c6ccccc6oc5c4n4c5ccccc5nc34)c2)c(F)n1.N#Cc1c(F)ccc(-c2ccc(-n3c4cnc5ccccc5c4n4c5ccccc5nc34)cc2)c1F.c1ccc(-n2c3ccc4c5ccccc5oc4c3n3c4ccccc4nc23)cc1.c1ccc(N2c3cc4ccccc4nc3N3c4ccccc4NC23)cc1. The third kappa shape index (κ3) is 11.2. The van der Waals surface area contributed by atoms with E-state index in [2.05, 4.69) is 207 Å². The van der Waals surface area contributed by atoms with Gasteiger partial charge in [0.25, 0.3) is 0 Å². The Bertz CT molecular complexity index is 9100. The second kappa shape index (κ2) is 28.7. The molecule has 606 valence electrons. The lowest BCUT2D eigenvalue weighted by molar-refractivity contribution is 0.515. The van der Waals surface area contributed by atoms with Gasteiger partial charge in [-0.25, -0.2) is 28.7 Å².